The van der Waals surface area contributed by atoms with Crippen LogP contribution < -0.4 is 5.11 Å². The maximum absolute atomic E-state index is 12.0. The quantitative estimate of drug-likeness (QED) is 0.684. The molecule has 0 radical (unpaired) electrons. The molecule has 0 saturated carbocycles. The van der Waals surface area contributed by atoms with E-state index in [4.69, 9.17) is 4.74 Å². The number of carboxylic acids is 1. The fraction of sp³-hybridized carbons (Fsp3) is 0.500. The van der Waals surface area contributed by atoms with Crippen molar-refractivity contribution in [2.24, 2.45) is 5.92 Å². The number of hydrogen-bond acceptors (Lipinski definition) is 4. The monoisotopic (exact) mass is 277 g/mol. The zero-order valence-electron chi connectivity index (χ0n) is 12.1. The van der Waals surface area contributed by atoms with Gasteiger partial charge < -0.3 is 14.6 Å². The summed E-state index contributed by atoms with van der Waals surface area (Å²) < 4.78 is 5.24. The Morgan fingerprint density at radius 1 is 1.20 bits per heavy atom. The molecule has 110 valence electrons. The number of hydrogen-bond donors (Lipinski definition) is 0. The van der Waals surface area contributed by atoms with Crippen LogP contribution in [-0.4, -0.2) is 18.5 Å². The largest absolute Gasteiger partial charge is 0.545 e. The van der Waals surface area contributed by atoms with E-state index in [0.29, 0.717) is 12.5 Å². The summed E-state index contributed by atoms with van der Waals surface area (Å²) >= 11 is 0. The molecule has 1 rings (SSSR count). The Morgan fingerprint density at radius 2 is 1.85 bits per heavy atom. The molecule has 0 aliphatic rings. The predicted molar refractivity (Wildman–Crippen MR) is 74.4 cm³/mol. The highest BCUT2D eigenvalue weighted by molar-refractivity contribution is 6.01. The van der Waals surface area contributed by atoms with Gasteiger partial charge in [-0.2, -0.15) is 0 Å². The summed E-state index contributed by atoms with van der Waals surface area (Å²) in [6.07, 6.45) is 4.17. The number of aromatic carboxylic acids is 1. The molecule has 0 spiro atoms. The lowest BCUT2D eigenvalue weighted by molar-refractivity contribution is -0.255. The highest BCUT2D eigenvalue weighted by atomic mass is 16.5. The lowest BCUT2D eigenvalue weighted by atomic mass is 10.0. The Kier molecular flexibility index (Phi) is 6.77. The van der Waals surface area contributed by atoms with Crippen LogP contribution in [0.3, 0.4) is 0 Å². The van der Waals surface area contributed by atoms with Crippen LogP contribution in [0.4, 0.5) is 0 Å². The molecule has 0 N–H and O–H groups in total. The van der Waals surface area contributed by atoms with Crippen LogP contribution in [0.15, 0.2) is 24.3 Å². The van der Waals surface area contributed by atoms with Gasteiger partial charge in [-0.25, -0.2) is 4.79 Å². The molecular weight excluding hydrogens is 256 g/mol. The average molecular weight is 277 g/mol. The highest BCUT2D eigenvalue weighted by Crippen LogP contribution is 2.15. The minimum absolute atomic E-state index is 0.0536. The van der Waals surface area contributed by atoms with E-state index in [2.05, 4.69) is 13.8 Å². The molecule has 0 saturated heterocycles. The van der Waals surface area contributed by atoms with E-state index in [0.717, 1.165) is 25.7 Å². The molecule has 0 heterocycles. The second-order valence-electron chi connectivity index (χ2n) is 4.85. The first-order valence-corrected chi connectivity index (χ1v) is 7.07. The first kappa shape index (κ1) is 16.2. The van der Waals surface area contributed by atoms with Gasteiger partial charge >= 0.3 is 5.97 Å². The van der Waals surface area contributed by atoms with Gasteiger partial charge in [0.2, 0.25) is 0 Å². The van der Waals surface area contributed by atoms with Gasteiger partial charge in [0.25, 0.3) is 0 Å². The number of esters is 1. The molecule has 0 unspecified atom stereocenters. The third-order valence-electron chi connectivity index (χ3n) is 3.36. The lowest BCUT2D eigenvalue weighted by Gasteiger charge is -2.15. The molecule has 1 aromatic carbocycles. The Bertz CT molecular complexity index is 454. The molecule has 4 nitrogen and oxygen atoms in total. The van der Waals surface area contributed by atoms with Crippen molar-refractivity contribution in [3.05, 3.63) is 35.4 Å². The van der Waals surface area contributed by atoms with Gasteiger partial charge in [-0.1, -0.05) is 51.3 Å². The maximum atomic E-state index is 12.0. The van der Waals surface area contributed by atoms with Crippen molar-refractivity contribution in [1.29, 1.82) is 0 Å². The lowest BCUT2D eigenvalue weighted by Crippen LogP contribution is -2.25. The topological polar surface area (TPSA) is 66.4 Å². The average Bonchev–Trinajstić information content (AvgIpc) is 2.47. The van der Waals surface area contributed by atoms with Gasteiger partial charge in [0.1, 0.15) is 0 Å². The number of rotatable bonds is 8. The number of carboxylic acid groups (broad SMARTS) is 1. The molecular formula is C16H21O4-. The normalized spacial score (nSPS) is 11.9. The summed E-state index contributed by atoms with van der Waals surface area (Å²) in [5.74, 6) is -1.63. The third-order valence-corrected chi connectivity index (χ3v) is 3.36. The van der Waals surface area contributed by atoms with Crippen molar-refractivity contribution in [2.45, 2.75) is 39.5 Å². The van der Waals surface area contributed by atoms with Gasteiger partial charge in [-0.3, -0.25) is 0 Å². The van der Waals surface area contributed by atoms with Crippen LogP contribution in [-0.2, 0) is 4.74 Å². The molecule has 1 aromatic rings. The molecule has 1 atom stereocenters. The Labute approximate surface area is 119 Å². The second kappa shape index (κ2) is 8.35. The standard InChI is InChI=1S/C16H22O4/c1-3-5-8-12(4-2)11-20-16(19)14-10-7-6-9-13(14)15(17)18/h6-7,9-10,12H,3-5,8,11H2,1-2H3,(H,17,18)/p-1/t12-/m1/s1. The zero-order chi connectivity index (χ0) is 15.0. The first-order valence-electron chi connectivity index (χ1n) is 7.07. The SMILES string of the molecule is CCCC[C@@H](CC)COC(=O)c1ccccc1C(=O)[O-]. The Balaban J connectivity index is 2.65. The van der Waals surface area contributed by atoms with Crippen molar-refractivity contribution < 1.29 is 19.4 Å². The summed E-state index contributed by atoms with van der Waals surface area (Å²) in [4.78, 5) is 22.9. The van der Waals surface area contributed by atoms with E-state index in [1.807, 2.05) is 0 Å². The predicted octanol–water partition coefficient (Wildman–Crippen LogP) is 2.42. The zero-order valence-corrected chi connectivity index (χ0v) is 12.1. The molecule has 0 aromatic heterocycles. The van der Waals surface area contributed by atoms with Gasteiger partial charge in [-0.15, -0.1) is 0 Å². The van der Waals surface area contributed by atoms with E-state index in [1.54, 1.807) is 12.1 Å². The van der Waals surface area contributed by atoms with E-state index in [1.165, 1.54) is 12.1 Å². The van der Waals surface area contributed by atoms with Crippen LogP contribution in [0.2, 0.25) is 0 Å². The van der Waals surface area contributed by atoms with Gasteiger partial charge in [0, 0.05) is 5.56 Å². The summed E-state index contributed by atoms with van der Waals surface area (Å²) in [5.41, 5.74) is -0.0723. The Hall–Kier alpha value is -1.84. The fourth-order valence-electron chi connectivity index (χ4n) is 2.01. The van der Waals surface area contributed by atoms with Crippen LogP contribution >= 0.6 is 0 Å². The van der Waals surface area contributed by atoms with E-state index >= 15 is 0 Å². The summed E-state index contributed by atoms with van der Waals surface area (Å²) in [5, 5.41) is 10.9. The molecule has 0 bridgehead atoms. The second-order valence-corrected chi connectivity index (χ2v) is 4.85. The molecule has 0 fully saturated rings. The van der Waals surface area contributed by atoms with Crippen LogP contribution in [0.5, 0.6) is 0 Å². The number of unbranched alkanes of at least 4 members (excludes halogenated alkanes) is 1. The van der Waals surface area contributed by atoms with E-state index in [9.17, 15) is 14.7 Å². The van der Waals surface area contributed by atoms with Crippen LogP contribution in [0, 0.1) is 5.92 Å². The minimum Gasteiger partial charge on any atom is -0.545 e. The molecule has 0 amide bonds. The smallest absolute Gasteiger partial charge is 0.338 e. The van der Waals surface area contributed by atoms with Crippen molar-refractivity contribution in [3.8, 4) is 0 Å². The summed E-state index contributed by atoms with van der Waals surface area (Å²) in [7, 11) is 0. The van der Waals surface area contributed by atoms with Crippen molar-refractivity contribution in [3.63, 3.8) is 0 Å². The molecule has 20 heavy (non-hydrogen) atoms. The van der Waals surface area contributed by atoms with Crippen molar-refractivity contribution >= 4 is 11.9 Å². The third kappa shape index (κ3) is 4.68. The molecule has 0 aliphatic heterocycles. The van der Waals surface area contributed by atoms with Gasteiger partial charge in [0.05, 0.1) is 18.1 Å². The van der Waals surface area contributed by atoms with E-state index in [-0.39, 0.29) is 11.1 Å². The maximum Gasteiger partial charge on any atom is 0.338 e. The number of carbonyl (C=O) groups excluding carboxylic acids is 2. The highest BCUT2D eigenvalue weighted by Gasteiger charge is 2.15. The number of ether oxygens (including phenoxy) is 1. The number of carbonyl (C=O) groups is 2. The molecule has 0 aliphatic carbocycles. The van der Waals surface area contributed by atoms with Crippen molar-refractivity contribution in [1.82, 2.24) is 0 Å². The van der Waals surface area contributed by atoms with Crippen LogP contribution in [0.25, 0.3) is 0 Å². The van der Waals surface area contributed by atoms with E-state index < -0.39 is 11.9 Å². The fourth-order valence-corrected chi connectivity index (χ4v) is 2.01. The summed E-state index contributed by atoms with van der Waals surface area (Å²) in [6, 6.07) is 5.95. The molecule has 4 heteroatoms. The summed E-state index contributed by atoms with van der Waals surface area (Å²) in [6.45, 7) is 4.51. The number of benzene rings is 1. The first-order chi connectivity index (χ1) is 9.60. The van der Waals surface area contributed by atoms with Gasteiger partial charge in [-0.05, 0) is 18.4 Å². The van der Waals surface area contributed by atoms with Crippen molar-refractivity contribution in [2.75, 3.05) is 6.61 Å². The van der Waals surface area contributed by atoms with Crippen LogP contribution in [0.1, 0.15) is 60.2 Å². The van der Waals surface area contributed by atoms with Gasteiger partial charge in [0.15, 0.2) is 0 Å². The minimum atomic E-state index is -1.37. The Morgan fingerprint density at radius 3 is 2.40 bits per heavy atom.